The SMILES string of the molecule is O=C(/C=C1\CC[C@H](CO)O1)OCc1ccccc1. The van der Waals surface area contributed by atoms with Gasteiger partial charge in [-0.2, -0.15) is 0 Å². The third-order valence-electron chi connectivity index (χ3n) is 2.74. The van der Waals surface area contributed by atoms with Gasteiger partial charge in [0.2, 0.25) is 0 Å². The monoisotopic (exact) mass is 248 g/mol. The van der Waals surface area contributed by atoms with Crippen LogP contribution in [-0.4, -0.2) is 23.8 Å². The molecule has 1 aromatic rings. The molecule has 1 atom stereocenters. The van der Waals surface area contributed by atoms with Crippen LogP contribution in [0, 0.1) is 0 Å². The molecule has 18 heavy (non-hydrogen) atoms. The highest BCUT2D eigenvalue weighted by atomic mass is 16.5. The first kappa shape index (κ1) is 12.6. The third-order valence-corrected chi connectivity index (χ3v) is 2.74. The zero-order valence-corrected chi connectivity index (χ0v) is 10.0. The van der Waals surface area contributed by atoms with E-state index in [0.29, 0.717) is 12.2 Å². The second kappa shape index (κ2) is 6.21. The van der Waals surface area contributed by atoms with Crippen LogP contribution >= 0.6 is 0 Å². The van der Waals surface area contributed by atoms with E-state index in [-0.39, 0.29) is 19.3 Å². The molecule has 4 heteroatoms. The maximum absolute atomic E-state index is 11.5. The molecular formula is C14H16O4. The van der Waals surface area contributed by atoms with Gasteiger partial charge in [-0.1, -0.05) is 30.3 Å². The number of rotatable bonds is 4. The Bertz CT molecular complexity index is 425. The fourth-order valence-corrected chi connectivity index (χ4v) is 1.77. The number of aliphatic hydroxyl groups is 1. The van der Waals surface area contributed by atoms with E-state index in [1.54, 1.807) is 0 Å². The zero-order valence-electron chi connectivity index (χ0n) is 10.0. The van der Waals surface area contributed by atoms with Gasteiger partial charge in [-0.15, -0.1) is 0 Å². The molecule has 1 aliphatic rings. The van der Waals surface area contributed by atoms with E-state index in [4.69, 9.17) is 14.6 Å². The minimum atomic E-state index is -0.410. The summed E-state index contributed by atoms with van der Waals surface area (Å²) in [6, 6.07) is 9.50. The lowest BCUT2D eigenvalue weighted by molar-refractivity contribution is -0.139. The van der Waals surface area contributed by atoms with Gasteiger partial charge in [0.15, 0.2) is 0 Å². The molecule has 0 bridgehead atoms. The van der Waals surface area contributed by atoms with Gasteiger partial charge in [0.25, 0.3) is 0 Å². The number of carbonyl (C=O) groups excluding carboxylic acids is 1. The molecule has 1 aromatic carbocycles. The minimum absolute atomic E-state index is 0.0175. The molecule has 1 N–H and O–H groups in total. The van der Waals surface area contributed by atoms with Gasteiger partial charge in [0.05, 0.1) is 12.7 Å². The average Bonchev–Trinajstić information content (AvgIpc) is 2.85. The highest BCUT2D eigenvalue weighted by molar-refractivity contribution is 5.82. The maximum atomic E-state index is 11.5. The smallest absolute Gasteiger partial charge is 0.334 e. The fraction of sp³-hybridized carbons (Fsp3) is 0.357. The molecule has 1 aliphatic heterocycles. The van der Waals surface area contributed by atoms with Gasteiger partial charge in [-0.25, -0.2) is 4.79 Å². The van der Waals surface area contributed by atoms with Gasteiger partial charge in [0, 0.05) is 6.42 Å². The Morgan fingerprint density at radius 2 is 2.22 bits per heavy atom. The van der Waals surface area contributed by atoms with Crippen LogP contribution < -0.4 is 0 Å². The van der Waals surface area contributed by atoms with Gasteiger partial charge in [0.1, 0.15) is 18.5 Å². The van der Waals surface area contributed by atoms with Crippen molar-refractivity contribution in [3.63, 3.8) is 0 Å². The first-order valence-electron chi connectivity index (χ1n) is 5.96. The fourth-order valence-electron chi connectivity index (χ4n) is 1.77. The Kier molecular flexibility index (Phi) is 4.36. The van der Waals surface area contributed by atoms with Crippen LogP contribution in [0.3, 0.4) is 0 Å². The summed E-state index contributed by atoms with van der Waals surface area (Å²) >= 11 is 0. The van der Waals surface area contributed by atoms with E-state index < -0.39 is 5.97 Å². The Morgan fingerprint density at radius 1 is 1.44 bits per heavy atom. The summed E-state index contributed by atoms with van der Waals surface area (Å²) < 4.78 is 10.4. The highest BCUT2D eigenvalue weighted by Gasteiger charge is 2.20. The van der Waals surface area contributed by atoms with Gasteiger partial charge in [-0.05, 0) is 12.0 Å². The summed E-state index contributed by atoms with van der Waals surface area (Å²) in [5.74, 6) is 0.180. The van der Waals surface area contributed by atoms with Crippen LogP contribution in [-0.2, 0) is 20.9 Å². The molecule has 2 rings (SSSR count). The molecule has 4 nitrogen and oxygen atoms in total. The summed E-state index contributed by atoms with van der Waals surface area (Å²) in [5.41, 5.74) is 0.949. The molecule has 96 valence electrons. The van der Waals surface area contributed by atoms with Crippen molar-refractivity contribution in [3.8, 4) is 0 Å². The lowest BCUT2D eigenvalue weighted by atomic mass is 10.2. The van der Waals surface area contributed by atoms with Crippen molar-refractivity contribution >= 4 is 5.97 Å². The topological polar surface area (TPSA) is 55.8 Å². The number of hydrogen-bond acceptors (Lipinski definition) is 4. The third kappa shape index (κ3) is 3.60. The summed E-state index contributed by atoms with van der Waals surface area (Å²) in [5, 5.41) is 8.90. The maximum Gasteiger partial charge on any atom is 0.334 e. The van der Waals surface area contributed by atoms with E-state index in [1.165, 1.54) is 6.08 Å². The van der Waals surface area contributed by atoms with Crippen molar-refractivity contribution in [3.05, 3.63) is 47.7 Å². The van der Waals surface area contributed by atoms with Crippen molar-refractivity contribution < 1.29 is 19.4 Å². The average molecular weight is 248 g/mol. The van der Waals surface area contributed by atoms with Crippen molar-refractivity contribution in [2.75, 3.05) is 6.61 Å². The Morgan fingerprint density at radius 3 is 2.89 bits per heavy atom. The minimum Gasteiger partial charge on any atom is -0.492 e. The summed E-state index contributed by atoms with van der Waals surface area (Å²) in [6.07, 6.45) is 2.59. The van der Waals surface area contributed by atoms with Gasteiger partial charge in [-0.3, -0.25) is 0 Å². The molecule has 0 aromatic heterocycles. The Balaban J connectivity index is 1.81. The van der Waals surface area contributed by atoms with Crippen LogP contribution in [0.1, 0.15) is 18.4 Å². The second-order valence-electron chi connectivity index (χ2n) is 4.17. The van der Waals surface area contributed by atoms with E-state index in [9.17, 15) is 4.79 Å². The van der Waals surface area contributed by atoms with Crippen LogP contribution in [0.25, 0.3) is 0 Å². The number of hydrogen-bond donors (Lipinski definition) is 1. The van der Waals surface area contributed by atoms with Gasteiger partial charge >= 0.3 is 5.97 Å². The first-order valence-corrected chi connectivity index (χ1v) is 5.96. The normalized spacial score (nSPS) is 20.7. The summed E-state index contributed by atoms with van der Waals surface area (Å²) in [4.78, 5) is 11.5. The van der Waals surface area contributed by atoms with Crippen LogP contribution in [0.4, 0.5) is 0 Å². The van der Waals surface area contributed by atoms with E-state index >= 15 is 0 Å². The van der Waals surface area contributed by atoms with Crippen LogP contribution in [0.15, 0.2) is 42.2 Å². The molecule has 0 amide bonds. The predicted molar refractivity (Wildman–Crippen MR) is 65.5 cm³/mol. The Hall–Kier alpha value is -1.81. The van der Waals surface area contributed by atoms with E-state index in [2.05, 4.69) is 0 Å². The van der Waals surface area contributed by atoms with Crippen molar-refractivity contribution in [1.82, 2.24) is 0 Å². The van der Waals surface area contributed by atoms with E-state index in [1.807, 2.05) is 30.3 Å². The lowest BCUT2D eigenvalue weighted by Gasteiger charge is -2.06. The molecule has 0 unspecified atom stereocenters. The Labute approximate surface area is 106 Å². The second-order valence-corrected chi connectivity index (χ2v) is 4.17. The number of ether oxygens (including phenoxy) is 2. The number of benzene rings is 1. The molecule has 0 saturated carbocycles. The number of esters is 1. The van der Waals surface area contributed by atoms with Crippen molar-refractivity contribution in [2.24, 2.45) is 0 Å². The van der Waals surface area contributed by atoms with Crippen LogP contribution in [0.5, 0.6) is 0 Å². The molecule has 0 radical (unpaired) electrons. The molecule has 0 spiro atoms. The van der Waals surface area contributed by atoms with Crippen molar-refractivity contribution in [2.45, 2.75) is 25.6 Å². The molecule has 0 aliphatic carbocycles. The van der Waals surface area contributed by atoms with Gasteiger partial charge < -0.3 is 14.6 Å². The van der Waals surface area contributed by atoms with Crippen LogP contribution in [0.2, 0.25) is 0 Å². The summed E-state index contributed by atoms with van der Waals surface area (Å²) in [6.45, 7) is 0.239. The predicted octanol–water partition coefficient (Wildman–Crippen LogP) is 1.78. The molecular weight excluding hydrogens is 232 g/mol. The summed E-state index contributed by atoms with van der Waals surface area (Å²) in [7, 11) is 0. The molecule has 1 fully saturated rings. The largest absolute Gasteiger partial charge is 0.492 e. The lowest BCUT2D eigenvalue weighted by Crippen LogP contribution is -2.09. The highest BCUT2D eigenvalue weighted by Crippen LogP contribution is 2.22. The molecule has 1 saturated heterocycles. The zero-order chi connectivity index (χ0) is 12.8. The first-order chi connectivity index (χ1) is 8.78. The van der Waals surface area contributed by atoms with E-state index in [0.717, 1.165) is 12.0 Å². The molecule has 1 heterocycles. The standard InChI is InChI=1S/C14H16O4/c15-9-13-7-6-12(18-13)8-14(16)17-10-11-4-2-1-3-5-11/h1-5,8,13,15H,6-7,9-10H2/b12-8+/t13-/m1/s1. The number of carbonyl (C=O) groups is 1. The van der Waals surface area contributed by atoms with Crippen molar-refractivity contribution in [1.29, 1.82) is 0 Å². The number of allylic oxidation sites excluding steroid dienone is 1. The number of aliphatic hydroxyl groups excluding tert-OH is 1. The quantitative estimate of drug-likeness (QED) is 0.652.